The molecule has 0 saturated heterocycles. The van der Waals surface area contributed by atoms with Gasteiger partial charge in [-0.15, -0.1) is 0 Å². The fourth-order valence-electron chi connectivity index (χ4n) is 1.93. The van der Waals surface area contributed by atoms with E-state index in [4.69, 9.17) is 14.3 Å². The van der Waals surface area contributed by atoms with Gasteiger partial charge in [-0.05, 0) is 121 Å². The second-order valence-corrected chi connectivity index (χ2v) is 10.1. The van der Waals surface area contributed by atoms with Crippen LogP contribution in [0.5, 0.6) is 11.5 Å². The minimum Gasteiger partial charge on any atom is -0.491 e. The third-order valence-electron chi connectivity index (χ3n) is 3.08. The molecule has 0 aliphatic carbocycles. The van der Waals surface area contributed by atoms with Crippen LogP contribution in [0.4, 0.5) is 0 Å². The summed E-state index contributed by atoms with van der Waals surface area (Å²) in [5, 5.41) is 3.92. The van der Waals surface area contributed by atoms with Crippen LogP contribution in [0.2, 0.25) is 0 Å². The Morgan fingerprint density at radius 1 is 0.962 bits per heavy atom. The molecular weight excluding hydrogens is 598 g/mol. The van der Waals surface area contributed by atoms with E-state index in [1.54, 1.807) is 0 Å². The Kier molecular flexibility index (Phi) is 12.9. The van der Waals surface area contributed by atoms with E-state index < -0.39 is 0 Å². The molecule has 146 valence electrons. The first-order chi connectivity index (χ1) is 12.4. The molecular formula is C18H23Br4NO3. The van der Waals surface area contributed by atoms with Crippen LogP contribution in [-0.2, 0) is 4.84 Å². The summed E-state index contributed by atoms with van der Waals surface area (Å²) in [7, 11) is 0. The van der Waals surface area contributed by atoms with Gasteiger partial charge in [0.15, 0.2) is 0 Å². The van der Waals surface area contributed by atoms with Crippen LogP contribution in [-0.4, -0.2) is 25.5 Å². The van der Waals surface area contributed by atoms with Crippen molar-refractivity contribution in [2.75, 3.05) is 19.8 Å². The SMILES string of the molecule is CC(C)=NOCCCCCCOc1c(Br)cc(OCC=C(Br)Br)cc1Br. The first kappa shape index (κ1) is 24.0. The summed E-state index contributed by atoms with van der Waals surface area (Å²) < 4.78 is 14.2. The second-order valence-electron chi connectivity index (χ2n) is 5.66. The van der Waals surface area contributed by atoms with Gasteiger partial charge < -0.3 is 14.3 Å². The minimum atomic E-state index is 0.470. The smallest absolute Gasteiger partial charge is 0.147 e. The van der Waals surface area contributed by atoms with Crippen molar-refractivity contribution >= 4 is 69.4 Å². The Labute approximate surface area is 189 Å². The van der Waals surface area contributed by atoms with Crippen molar-refractivity contribution in [1.82, 2.24) is 0 Å². The van der Waals surface area contributed by atoms with Gasteiger partial charge in [0.2, 0.25) is 0 Å². The molecule has 0 bridgehead atoms. The van der Waals surface area contributed by atoms with E-state index in [0.717, 1.165) is 55.2 Å². The molecule has 0 aromatic heterocycles. The summed E-state index contributed by atoms with van der Waals surface area (Å²) >= 11 is 13.7. The van der Waals surface area contributed by atoms with E-state index in [2.05, 4.69) is 68.9 Å². The lowest BCUT2D eigenvalue weighted by atomic mass is 10.2. The van der Waals surface area contributed by atoms with Gasteiger partial charge in [-0.3, -0.25) is 0 Å². The standard InChI is InChI=1S/C18H23Br4NO3/c1-13(2)23-26-9-6-4-3-5-8-25-18-15(19)11-14(12-16(18)20)24-10-7-17(21)22/h7,11-12H,3-6,8-10H2,1-2H3. The van der Waals surface area contributed by atoms with E-state index in [1.165, 1.54) is 0 Å². The van der Waals surface area contributed by atoms with Gasteiger partial charge in [0.25, 0.3) is 0 Å². The lowest BCUT2D eigenvalue weighted by Crippen LogP contribution is -2.00. The molecule has 0 N–H and O–H groups in total. The maximum Gasteiger partial charge on any atom is 0.147 e. The van der Waals surface area contributed by atoms with Crippen molar-refractivity contribution in [2.24, 2.45) is 5.16 Å². The summed E-state index contributed by atoms with van der Waals surface area (Å²) in [6.07, 6.45) is 6.09. The quantitative estimate of drug-likeness (QED) is 0.137. The van der Waals surface area contributed by atoms with Crippen LogP contribution in [0.3, 0.4) is 0 Å². The van der Waals surface area contributed by atoms with Gasteiger partial charge >= 0.3 is 0 Å². The molecule has 1 aromatic rings. The van der Waals surface area contributed by atoms with Gasteiger partial charge in [-0.1, -0.05) is 5.16 Å². The Morgan fingerprint density at radius 2 is 1.58 bits per heavy atom. The molecule has 1 rings (SSSR count). The van der Waals surface area contributed by atoms with Crippen LogP contribution in [0.15, 0.2) is 35.7 Å². The third-order valence-corrected chi connectivity index (χ3v) is 4.91. The molecule has 0 atom stereocenters. The predicted octanol–water partition coefficient (Wildman–Crippen LogP) is 7.57. The molecule has 1 aromatic carbocycles. The Bertz CT molecular complexity index is 589. The molecule has 8 heteroatoms. The molecule has 4 nitrogen and oxygen atoms in total. The van der Waals surface area contributed by atoms with Crippen LogP contribution in [0.25, 0.3) is 0 Å². The summed E-state index contributed by atoms with van der Waals surface area (Å²) in [5.41, 5.74) is 0.943. The summed E-state index contributed by atoms with van der Waals surface area (Å²) in [5.74, 6) is 1.56. The zero-order valence-corrected chi connectivity index (χ0v) is 21.2. The van der Waals surface area contributed by atoms with Crippen molar-refractivity contribution in [2.45, 2.75) is 39.5 Å². The lowest BCUT2D eigenvalue weighted by Gasteiger charge is -2.12. The highest BCUT2D eigenvalue weighted by atomic mass is 79.9. The maximum absolute atomic E-state index is 5.90. The van der Waals surface area contributed by atoms with Crippen LogP contribution >= 0.6 is 63.7 Å². The molecule has 26 heavy (non-hydrogen) atoms. The third kappa shape index (κ3) is 10.9. The van der Waals surface area contributed by atoms with Crippen LogP contribution in [0, 0.1) is 0 Å². The van der Waals surface area contributed by atoms with E-state index in [0.29, 0.717) is 19.8 Å². The number of hydrogen-bond donors (Lipinski definition) is 0. The van der Waals surface area contributed by atoms with E-state index >= 15 is 0 Å². The van der Waals surface area contributed by atoms with Crippen molar-refractivity contribution < 1.29 is 14.3 Å². The molecule has 0 fully saturated rings. The average molecular weight is 621 g/mol. The van der Waals surface area contributed by atoms with Crippen LogP contribution in [0.1, 0.15) is 39.5 Å². The van der Waals surface area contributed by atoms with Gasteiger partial charge in [-0.25, -0.2) is 0 Å². The van der Waals surface area contributed by atoms with E-state index in [-0.39, 0.29) is 0 Å². The average Bonchev–Trinajstić information content (AvgIpc) is 2.54. The minimum absolute atomic E-state index is 0.470. The highest BCUT2D eigenvalue weighted by Gasteiger charge is 2.09. The summed E-state index contributed by atoms with van der Waals surface area (Å²) in [6, 6.07) is 3.81. The summed E-state index contributed by atoms with van der Waals surface area (Å²) in [4.78, 5) is 5.18. The Morgan fingerprint density at radius 3 is 2.15 bits per heavy atom. The lowest BCUT2D eigenvalue weighted by molar-refractivity contribution is 0.139. The molecule has 0 saturated carbocycles. The zero-order chi connectivity index (χ0) is 19.4. The van der Waals surface area contributed by atoms with Gasteiger partial charge in [0, 0.05) is 0 Å². The van der Waals surface area contributed by atoms with Gasteiger partial charge in [-0.2, -0.15) is 0 Å². The highest BCUT2D eigenvalue weighted by Crippen LogP contribution is 2.37. The Balaban J connectivity index is 2.30. The predicted molar refractivity (Wildman–Crippen MR) is 122 cm³/mol. The first-order valence-corrected chi connectivity index (χ1v) is 11.5. The number of benzene rings is 1. The topological polar surface area (TPSA) is 40.0 Å². The Hall–Kier alpha value is -0.0500. The number of nitrogens with zero attached hydrogens (tertiary/aromatic N) is 1. The van der Waals surface area contributed by atoms with Crippen molar-refractivity contribution in [3.8, 4) is 11.5 Å². The number of ether oxygens (including phenoxy) is 2. The monoisotopic (exact) mass is 617 g/mol. The molecule has 0 amide bonds. The van der Waals surface area contributed by atoms with Crippen molar-refractivity contribution in [3.05, 3.63) is 30.5 Å². The number of halogens is 4. The molecule has 0 spiro atoms. The normalized spacial score (nSPS) is 10.2. The largest absolute Gasteiger partial charge is 0.491 e. The first-order valence-electron chi connectivity index (χ1n) is 8.29. The van der Waals surface area contributed by atoms with E-state index in [9.17, 15) is 0 Å². The van der Waals surface area contributed by atoms with Crippen molar-refractivity contribution in [3.63, 3.8) is 0 Å². The van der Waals surface area contributed by atoms with Crippen LogP contribution < -0.4 is 9.47 Å². The summed E-state index contributed by atoms with van der Waals surface area (Å²) in [6.45, 7) is 5.66. The fourth-order valence-corrected chi connectivity index (χ4v) is 3.57. The number of oxime groups is 1. The highest BCUT2D eigenvalue weighted by molar-refractivity contribution is 9.28. The molecule has 0 unspecified atom stereocenters. The number of rotatable bonds is 12. The molecule has 0 heterocycles. The molecule has 0 aliphatic heterocycles. The van der Waals surface area contributed by atoms with Gasteiger partial charge in [0.05, 0.1) is 24.7 Å². The maximum atomic E-state index is 5.90. The number of unbranched alkanes of at least 4 members (excludes halogenated alkanes) is 3. The molecule has 0 aliphatic rings. The van der Waals surface area contributed by atoms with Crippen molar-refractivity contribution in [1.29, 1.82) is 0 Å². The second kappa shape index (κ2) is 14.0. The fraction of sp³-hybridized carbons (Fsp3) is 0.500. The van der Waals surface area contributed by atoms with Gasteiger partial charge in [0.1, 0.15) is 24.7 Å². The molecule has 0 radical (unpaired) electrons. The van der Waals surface area contributed by atoms with E-state index in [1.807, 2.05) is 32.1 Å². The number of hydrogen-bond acceptors (Lipinski definition) is 4. The zero-order valence-electron chi connectivity index (χ0n) is 14.9.